The third kappa shape index (κ3) is 5.11. The topological polar surface area (TPSA) is 89.1 Å². The molecule has 8 nitrogen and oxygen atoms in total. The monoisotopic (exact) mass is 437 g/mol. The number of fused-ring (bicyclic) bond motifs is 1. The summed E-state index contributed by atoms with van der Waals surface area (Å²) >= 11 is 0. The van der Waals surface area contributed by atoms with Gasteiger partial charge >= 0.3 is 12.4 Å². The molecule has 0 bridgehead atoms. The number of hydrogen-bond donors (Lipinski definition) is 2. The highest BCUT2D eigenvalue weighted by Gasteiger charge is 2.33. The zero-order chi connectivity index (χ0) is 22.0. The Balaban J connectivity index is 1.33. The van der Waals surface area contributed by atoms with Gasteiger partial charge in [0.25, 0.3) is 0 Å². The summed E-state index contributed by atoms with van der Waals surface area (Å²) in [5.41, 5.74) is 0.916. The maximum absolute atomic E-state index is 12.4. The van der Waals surface area contributed by atoms with Gasteiger partial charge in [0.1, 0.15) is 19.0 Å². The Kier molecular flexibility index (Phi) is 5.49. The van der Waals surface area contributed by atoms with Crippen LogP contribution in [0, 0.1) is 0 Å². The molecule has 164 valence electrons. The molecule has 1 fully saturated rings. The van der Waals surface area contributed by atoms with Crippen molar-refractivity contribution in [1.29, 1.82) is 0 Å². The maximum Gasteiger partial charge on any atom is 0.573 e. The van der Waals surface area contributed by atoms with Crippen LogP contribution in [0.3, 0.4) is 0 Å². The van der Waals surface area contributed by atoms with Crippen LogP contribution in [0.4, 0.5) is 29.3 Å². The van der Waals surface area contributed by atoms with Crippen molar-refractivity contribution in [2.45, 2.75) is 18.8 Å². The number of halogens is 3. The molecule has 1 atom stereocenters. The molecule has 0 aromatic heterocycles. The molecule has 11 heteroatoms. The summed E-state index contributed by atoms with van der Waals surface area (Å²) in [6.07, 6.45) is -4.68. The molecule has 2 N–H and O–H groups in total. The van der Waals surface area contributed by atoms with Crippen LogP contribution in [0.25, 0.3) is 0 Å². The van der Waals surface area contributed by atoms with Crippen LogP contribution in [0.2, 0.25) is 0 Å². The van der Waals surface area contributed by atoms with Gasteiger partial charge in [-0.05, 0) is 36.4 Å². The van der Waals surface area contributed by atoms with Gasteiger partial charge in [0, 0.05) is 30.4 Å². The number of carbonyl (C=O) groups excluding carboxylic acids is 2. The maximum atomic E-state index is 12.4. The smallest absolute Gasteiger partial charge is 0.486 e. The molecule has 2 aromatic rings. The molecular weight excluding hydrogens is 419 g/mol. The van der Waals surface area contributed by atoms with Gasteiger partial charge in [-0.2, -0.15) is 0 Å². The minimum Gasteiger partial charge on any atom is -0.486 e. The highest BCUT2D eigenvalue weighted by atomic mass is 19.4. The third-order valence-electron chi connectivity index (χ3n) is 4.64. The number of alkyl halides is 3. The SMILES string of the molecule is O=C(Nc1ccc(OC(F)(F)F)cc1)N[C@@H]1CC(=O)N(c2ccc3c(c2)OCCO3)C1. The molecule has 2 heterocycles. The van der Waals surface area contributed by atoms with E-state index in [0.717, 1.165) is 12.1 Å². The van der Waals surface area contributed by atoms with Crippen molar-refractivity contribution in [1.82, 2.24) is 5.32 Å². The second-order valence-electron chi connectivity index (χ2n) is 6.90. The van der Waals surface area contributed by atoms with E-state index in [4.69, 9.17) is 9.47 Å². The van der Waals surface area contributed by atoms with E-state index in [1.807, 2.05) is 0 Å². The lowest BCUT2D eigenvalue weighted by atomic mass is 10.2. The largest absolute Gasteiger partial charge is 0.573 e. The third-order valence-corrected chi connectivity index (χ3v) is 4.64. The van der Waals surface area contributed by atoms with Gasteiger partial charge in [-0.25, -0.2) is 4.79 Å². The number of amides is 3. The van der Waals surface area contributed by atoms with Crippen molar-refractivity contribution in [2.75, 3.05) is 30.0 Å². The lowest BCUT2D eigenvalue weighted by Crippen LogP contribution is -2.39. The zero-order valence-corrected chi connectivity index (χ0v) is 16.1. The van der Waals surface area contributed by atoms with Crippen LogP contribution in [0.15, 0.2) is 42.5 Å². The van der Waals surface area contributed by atoms with E-state index in [2.05, 4.69) is 15.4 Å². The number of nitrogens with zero attached hydrogens (tertiary/aromatic N) is 1. The van der Waals surface area contributed by atoms with E-state index >= 15 is 0 Å². The normalized spacial score (nSPS) is 18.0. The molecule has 4 rings (SSSR count). The number of anilines is 2. The van der Waals surface area contributed by atoms with Crippen molar-refractivity contribution in [3.05, 3.63) is 42.5 Å². The predicted octanol–water partition coefficient (Wildman–Crippen LogP) is 3.28. The summed E-state index contributed by atoms with van der Waals surface area (Å²) < 4.78 is 51.4. The fourth-order valence-electron chi connectivity index (χ4n) is 3.35. The molecule has 1 saturated heterocycles. The molecule has 0 unspecified atom stereocenters. The zero-order valence-electron chi connectivity index (χ0n) is 16.1. The molecule has 2 aliphatic rings. The molecule has 0 radical (unpaired) electrons. The summed E-state index contributed by atoms with van der Waals surface area (Å²) in [5.74, 6) is 0.622. The number of urea groups is 1. The van der Waals surface area contributed by atoms with E-state index in [1.165, 1.54) is 12.1 Å². The fraction of sp³-hybridized carbons (Fsp3) is 0.300. The van der Waals surface area contributed by atoms with Crippen molar-refractivity contribution in [3.63, 3.8) is 0 Å². The van der Waals surface area contributed by atoms with E-state index in [0.29, 0.717) is 30.4 Å². The number of hydrogen-bond acceptors (Lipinski definition) is 5. The summed E-state index contributed by atoms with van der Waals surface area (Å²) in [7, 11) is 0. The first-order valence-corrected chi connectivity index (χ1v) is 9.40. The molecule has 2 aromatic carbocycles. The standard InChI is InChI=1S/C20H18F3N3O5/c21-20(22,23)31-15-4-1-12(2-5-15)24-19(28)25-13-9-18(27)26(11-13)14-3-6-16-17(10-14)30-8-7-29-16/h1-6,10,13H,7-9,11H2,(H2,24,25,28)/t13-/m1/s1. The van der Waals surface area contributed by atoms with Crippen LogP contribution in [-0.2, 0) is 4.79 Å². The predicted molar refractivity (Wildman–Crippen MR) is 103 cm³/mol. The minimum absolute atomic E-state index is 0.111. The van der Waals surface area contributed by atoms with Crippen LogP contribution >= 0.6 is 0 Å². The molecular formula is C20H18F3N3O5. The van der Waals surface area contributed by atoms with Gasteiger partial charge < -0.3 is 29.7 Å². The first-order valence-electron chi connectivity index (χ1n) is 9.40. The van der Waals surface area contributed by atoms with Gasteiger partial charge in [0.05, 0.1) is 6.04 Å². The van der Waals surface area contributed by atoms with E-state index in [9.17, 15) is 22.8 Å². The van der Waals surface area contributed by atoms with Crippen molar-refractivity contribution in [2.24, 2.45) is 0 Å². The van der Waals surface area contributed by atoms with Crippen molar-refractivity contribution in [3.8, 4) is 17.2 Å². The minimum atomic E-state index is -4.79. The molecule has 0 aliphatic carbocycles. The van der Waals surface area contributed by atoms with Gasteiger partial charge in [-0.3, -0.25) is 4.79 Å². The average Bonchev–Trinajstić information content (AvgIpc) is 3.08. The van der Waals surface area contributed by atoms with Crippen LogP contribution < -0.4 is 29.7 Å². The Morgan fingerprint density at radius 2 is 1.77 bits per heavy atom. The Morgan fingerprint density at radius 3 is 2.48 bits per heavy atom. The second-order valence-corrected chi connectivity index (χ2v) is 6.90. The van der Waals surface area contributed by atoms with E-state index < -0.39 is 24.2 Å². The highest BCUT2D eigenvalue weighted by molar-refractivity contribution is 5.98. The van der Waals surface area contributed by atoms with Crippen molar-refractivity contribution < 1.29 is 37.0 Å². The summed E-state index contributed by atoms with van der Waals surface area (Å²) in [6, 6.07) is 8.93. The molecule has 0 spiro atoms. The fourth-order valence-corrected chi connectivity index (χ4v) is 3.35. The number of rotatable bonds is 4. The van der Waals surface area contributed by atoms with Crippen LogP contribution in [0.1, 0.15) is 6.42 Å². The van der Waals surface area contributed by atoms with Crippen molar-refractivity contribution >= 4 is 23.3 Å². The highest BCUT2D eigenvalue weighted by Crippen LogP contribution is 2.35. The molecule has 31 heavy (non-hydrogen) atoms. The molecule has 3 amide bonds. The van der Waals surface area contributed by atoms with Crippen LogP contribution in [0.5, 0.6) is 17.2 Å². The number of nitrogens with one attached hydrogen (secondary N) is 2. The summed E-state index contributed by atoms with van der Waals surface area (Å²) in [4.78, 5) is 26.2. The number of ether oxygens (including phenoxy) is 3. The Hall–Kier alpha value is -3.63. The van der Waals surface area contributed by atoms with E-state index in [1.54, 1.807) is 23.1 Å². The first-order chi connectivity index (χ1) is 14.8. The average molecular weight is 437 g/mol. The Labute approximate surface area is 174 Å². The molecule has 2 aliphatic heterocycles. The lowest BCUT2D eigenvalue weighted by molar-refractivity contribution is -0.274. The van der Waals surface area contributed by atoms with Gasteiger partial charge in [0.15, 0.2) is 11.5 Å². The Bertz CT molecular complexity index is 981. The first kappa shape index (κ1) is 20.6. The van der Waals surface area contributed by atoms with Crippen LogP contribution in [-0.4, -0.2) is 44.1 Å². The number of carbonyl (C=O) groups is 2. The lowest BCUT2D eigenvalue weighted by Gasteiger charge is -2.22. The molecule has 0 saturated carbocycles. The summed E-state index contributed by atoms with van der Waals surface area (Å²) in [5, 5.41) is 5.21. The summed E-state index contributed by atoms with van der Waals surface area (Å²) in [6.45, 7) is 1.16. The number of benzene rings is 2. The quantitative estimate of drug-likeness (QED) is 0.767. The second kappa shape index (κ2) is 8.25. The van der Waals surface area contributed by atoms with Gasteiger partial charge in [-0.15, -0.1) is 13.2 Å². The van der Waals surface area contributed by atoms with Gasteiger partial charge in [0.2, 0.25) is 5.91 Å². The van der Waals surface area contributed by atoms with E-state index in [-0.39, 0.29) is 24.6 Å². The Morgan fingerprint density at radius 1 is 1.06 bits per heavy atom. The van der Waals surface area contributed by atoms with Gasteiger partial charge in [-0.1, -0.05) is 0 Å².